The standard InChI is InChI=1S/C11H14O5/c1-16-10-6-9(13)8(11(14)15)5-7(10)3-2-4-12/h5-6,12-13H,2-4H2,1H3,(H,14,15). The SMILES string of the molecule is COc1cc(O)c(C(=O)O)cc1CCCO. The largest absolute Gasteiger partial charge is 0.507 e. The van der Waals surface area contributed by atoms with Crippen molar-refractivity contribution in [2.75, 3.05) is 13.7 Å². The predicted octanol–water partition coefficient (Wildman–Crippen LogP) is 1.02. The lowest BCUT2D eigenvalue weighted by molar-refractivity contribution is 0.0693. The van der Waals surface area contributed by atoms with Gasteiger partial charge >= 0.3 is 5.97 Å². The fourth-order valence-corrected chi connectivity index (χ4v) is 1.44. The number of aromatic hydroxyl groups is 1. The molecule has 16 heavy (non-hydrogen) atoms. The van der Waals surface area contributed by atoms with Gasteiger partial charge in [0.1, 0.15) is 17.1 Å². The molecule has 0 saturated carbocycles. The molecule has 0 atom stereocenters. The van der Waals surface area contributed by atoms with E-state index in [0.717, 1.165) is 0 Å². The Hall–Kier alpha value is -1.75. The maximum absolute atomic E-state index is 10.8. The minimum atomic E-state index is -1.19. The smallest absolute Gasteiger partial charge is 0.339 e. The van der Waals surface area contributed by atoms with Gasteiger partial charge in [-0.2, -0.15) is 0 Å². The highest BCUT2D eigenvalue weighted by Gasteiger charge is 2.14. The van der Waals surface area contributed by atoms with E-state index in [4.69, 9.17) is 14.9 Å². The van der Waals surface area contributed by atoms with Crippen LogP contribution < -0.4 is 4.74 Å². The normalized spacial score (nSPS) is 10.1. The molecule has 0 aromatic heterocycles. The molecule has 1 aromatic carbocycles. The van der Waals surface area contributed by atoms with E-state index < -0.39 is 5.97 Å². The van der Waals surface area contributed by atoms with E-state index >= 15 is 0 Å². The number of hydrogen-bond donors (Lipinski definition) is 3. The molecule has 0 radical (unpaired) electrons. The minimum absolute atomic E-state index is 0.0203. The third-order valence-corrected chi connectivity index (χ3v) is 2.23. The first-order valence-corrected chi connectivity index (χ1v) is 4.84. The molecule has 5 nitrogen and oxygen atoms in total. The maximum Gasteiger partial charge on any atom is 0.339 e. The number of benzene rings is 1. The summed E-state index contributed by atoms with van der Waals surface area (Å²) in [5, 5.41) is 27.0. The number of aromatic carboxylic acids is 1. The van der Waals surface area contributed by atoms with E-state index in [1.165, 1.54) is 19.2 Å². The molecule has 0 amide bonds. The number of phenols is 1. The van der Waals surface area contributed by atoms with E-state index in [9.17, 15) is 9.90 Å². The van der Waals surface area contributed by atoms with E-state index in [1.54, 1.807) is 0 Å². The second-order valence-corrected chi connectivity index (χ2v) is 3.31. The van der Waals surface area contributed by atoms with Crippen molar-refractivity contribution in [3.8, 4) is 11.5 Å². The van der Waals surface area contributed by atoms with Crippen LogP contribution in [0.1, 0.15) is 22.3 Å². The number of carbonyl (C=O) groups is 1. The molecule has 88 valence electrons. The number of aliphatic hydroxyl groups excluding tert-OH is 1. The van der Waals surface area contributed by atoms with Gasteiger partial charge in [0.05, 0.1) is 7.11 Å². The van der Waals surface area contributed by atoms with Gasteiger partial charge in [0, 0.05) is 12.7 Å². The molecule has 0 unspecified atom stereocenters. The zero-order chi connectivity index (χ0) is 12.1. The van der Waals surface area contributed by atoms with Crippen LogP contribution in [-0.2, 0) is 6.42 Å². The lowest BCUT2D eigenvalue weighted by Crippen LogP contribution is -2.01. The molecule has 0 fully saturated rings. The second-order valence-electron chi connectivity index (χ2n) is 3.31. The first-order valence-electron chi connectivity index (χ1n) is 4.84. The average Bonchev–Trinajstić information content (AvgIpc) is 2.26. The summed E-state index contributed by atoms with van der Waals surface area (Å²) < 4.78 is 5.02. The summed E-state index contributed by atoms with van der Waals surface area (Å²) in [6, 6.07) is 2.64. The van der Waals surface area contributed by atoms with Crippen LogP contribution in [0.25, 0.3) is 0 Å². The first kappa shape index (κ1) is 12.3. The molecule has 5 heteroatoms. The van der Waals surface area contributed by atoms with Gasteiger partial charge in [-0.15, -0.1) is 0 Å². The summed E-state index contributed by atoms with van der Waals surface area (Å²) in [5.74, 6) is -1.08. The minimum Gasteiger partial charge on any atom is -0.507 e. The monoisotopic (exact) mass is 226 g/mol. The summed E-state index contributed by atoms with van der Waals surface area (Å²) >= 11 is 0. The van der Waals surface area contributed by atoms with Crippen molar-refractivity contribution in [3.63, 3.8) is 0 Å². The van der Waals surface area contributed by atoms with Crippen LogP contribution in [0.4, 0.5) is 0 Å². The third-order valence-electron chi connectivity index (χ3n) is 2.23. The highest BCUT2D eigenvalue weighted by Crippen LogP contribution is 2.29. The molecule has 3 N–H and O–H groups in total. The number of ether oxygens (including phenoxy) is 1. The number of hydrogen-bond acceptors (Lipinski definition) is 4. The van der Waals surface area contributed by atoms with Gasteiger partial charge < -0.3 is 20.1 Å². The van der Waals surface area contributed by atoms with Crippen molar-refractivity contribution in [1.82, 2.24) is 0 Å². The van der Waals surface area contributed by atoms with Crippen molar-refractivity contribution < 1.29 is 24.9 Å². The molecular formula is C11H14O5. The summed E-state index contributed by atoms with van der Waals surface area (Å²) in [7, 11) is 1.44. The second kappa shape index (κ2) is 5.37. The Bertz CT molecular complexity index is 386. The highest BCUT2D eigenvalue weighted by molar-refractivity contribution is 5.91. The topological polar surface area (TPSA) is 87.0 Å². The molecular weight excluding hydrogens is 212 g/mol. The van der Waals surface area contributed by atoms with Gasteiger partial charge in [0.15, 0.2) is 0 Å². The predicted molar refractivity (Wildman–Crippen MR) is 57.0 cm³/mol. The zero-order valence-corrected chi connectivity index (χ0v) is 8.93. The Balaban J connectivity index is 3.12. The van der Waals surface area contributed by atoms with Crippen molar-refractivity contribution in [3.05, 3.63) is 23.3 Å². The Morgan fingerprint density at radius 1 is 1.44 bits per heavy atom. The molecule has 1 aromatic rings. The molecule has 0 aliphatic heterocycles. The molecule has 0 saturated heterocycles. The molecule has 1 rings (SSSR count). The third kappa shape index (κ3) is 2.64. The lowest BCUT2D eigenvalue weighted by Gasteiger charge is -2.10. The van der Waals surface area contributed by atoms with Crippen LogP contribution in [-0.4, -0.2) is 35.0 Å². The molecule has 0 spiro atoms. The Labute approximate surface area is 92.9 Å². The van der Waals surface area contributed by atoms with Crippen LogP contribution in [0.3, 0.4) is 0 Å². The number of carboxylic acid groups (broad SMARTS) is 1. The lowest BCUT2D eigenvalue weighted by atomic mass is 10.0. The fraction of sp³-hybridized carbons (Fsp3) is 0.364. The average molecular weight is 226 g/mol. The van der Waals surface area contributed by atoms with Gasteiger partial charge in [0.2, 0.25) is 0 Å². The van der Waals surface area contributed by atoms with Crippen LogP contribution in [0.2, 0.25) is 0 Å². The van der Waals surface area contributed by atoms with Crippen LogP contribution >= 0.6 is 0 Å². The van der Waals surface area contributed by atoms with Crippen molar-refractivity contribution >= 4 is 5.97 Å². The first-order chi connectivity index (χ1) is 7.60. The van der Waals surface area contributed by atoms with Crippen LogP contribution in [0.5, 0.6) is 11.5 Å². The highest BCUT2D eigenvalue weighted by atomic mass is 16.5. The van der Waals surface area contributed by atoms with Gasteiger partial charge in [0.25, 0.3) is 0 Å². The number of aliphatic hydroxyl groups is 1. The van der Waals surface area contributed by atoms with Crippen molar-refractivity contribution in [1.29, 1.82) is 0 Å². The van der Waals surface area contributed by atoms with Gasteiger partial charge in [-0.3, -0.25) is 0 Å². The Kier molecular flexibility index (Phi) is 4.13. The Morgan fingerprint density at radius 2 is 2.12 bits per heavy atom. The quantitative estimate of drug-likeness (QED) is 0.697. The number of carboxylic acids is 1. The molecule has 0 heterocycles. The van der Waals surface area contributed by atoms with Gasteiger partial charge in [-0.05, 0) is 24.5 Å². The summed E-state index contributed by atoms with van der Waals surface area (Å²) in [4.78, 5) is 10.8. The maximum atomic E-state index is 10.8. The number of aryl methyl sites for hydroxylation is 1. The fourth-order valence-electron chi connectivity index (χ4n) is 1.44. The van der Waals surface area contributed by atoms with E-state index in [2.05, 4.69) is 0 Å². The van der Waals surface area contributed by atoms with E-state index in [-0.39, 0.29) is 17.9 Å². The molecule has 0 aliphatic carbocycles. The number of methoxy groups -OCH3 is 1. The van der Waals surface area contributed by atoms with Crippen LogP contribution in [0, 0.1) is 0 Å². The van der Waals surface area contributed by atoms with E-state index in [0.29, 0.717) is 24.2 Å². The summed E-state index contributed by atoms with van der Waals surface area (Å²) in [5.41, 5.74) is 0.500. The molecule has 0 bridgehead atoms. The summed E-state index contributed by atoms with van der Waals surface area (Å²) in [6.45, 7) is 0.0203. The van der Waals surface area contributed by atoms with Gasteiger partial charge in [-0.25, -0.2) is 4.79 Å². The Morgan fingerprint density at radius 3 is 2.62 bits per heavy atom. The van der Waals surface area contributed by atoms with E-state index in [1.807, 2.05) is 0 Å². The molecule has 0 aliphatic rings. The van der Waals surface area contributed by atoms with Crippen molar-refractivity contribution in [2.45, 2.75) is 12.8 Å². The zero-order valence-electron chi connectivity index (χ0n) is 8.93. The van der Waals surface area contributed by atoms with Crippen LogP contribution in [0.15, 0.2) is 12.1 Å². The summed E-state index contributed by atoms with van der Waals surface area (Å²) in [6.07, 6.45) is 1.01. The van der Waals surface area contributed by atoms with Gasteiger partial charge in [-0.1, -0.05) is 0 Å². The number of rotatable bonds is 5. The van der Waals surface area contributed by atoms with Crippen molar-refractivity contribution in [2.24, 2.45) is 0 Å².